The molecule has 0 unspecified atom stereocenters. The first-order valence-electron chi connectivity index (χ1n) is 7.39. The Bertz CT molecular complexity index is 704. The van der Waals surface area contributed by atoms with Crippen molar-refractivity contribution in [2.24, 2.45) is 0 Å². The number of carbonyl (C=O) groups excluding carboxylic acids is 1. The maximum absolute atomic E-state index is 14.4. The molecule has 1 fully saturated rings. The Morgan fingerprint density at radius 3 is 2.55 bits per heavy atom. The average Bonchev–Trinajstić information content (AvgIpc) is 2.85. The molecule has 1 aliphatic heterocycles. The van der Waals surface area contributed by atoms with Gasteiger partial charge in [-0.15, -0.1) is 0 Å². The van der Waals surface area contributed by atoms with Gasteiger partial charge in [0.1, 0.15) is 11.5 Å². The summed E-state index contributed by atoms with van der Waals surface area (Å²) in [5.41, 5.74) is 2.43. The molecule has 5 nitrogen and oxygen atoms in total. The summed E-state index contributed by atoms with van der Waals surface area (Å²) in [4.78, 5) is 14.1. The lowest BCUT2D eigenvalue weighted by molar-refractivity contribution is 0.0735. The summed E-state index contributed by atoms with van der Waals surface area (Å²) in [6.45, 7) is 6.60. The summed E-state index contributed by atoms with van der Waals surface area (Å²) in [5.74, 6) is -0.562. The first-order valence-corrected chi connectivity index (χ1v) is 7.39. The number of rotatable bonds is 2. The smallest absolute Gasteiger partial charge is 0.254 e. The molecule has 1 saturated heterocycles. The van der Waals surface area contributed by atoms with Crippen molar-refractivity contribution in [2.45, 2.75) is 13.8 Å². The molecule has 6 heteroatoms. The maximum Gasteiger partial charge on any atom is 0.254 e. The van der Waals surface area contributed by atoms with Crippen LogP contribution in [0.25, 0.3) is 5.69 Å². The highest BCUT2D eigenvalue weighted by Gasteiger charge is 2.19. The topological polar surface area (TPSA) is 50.2 Å². The standard InChI is InChI=1S/C16H19FN4O/c1-11-9-12(2)21(19-11)15-4-3-13(10-14(15)17)16(22)20-7-5-18-6-8-20/h3-4,9-10,18H,5-8H2,1-2H3. The minimum atomic E-state index is -0.438. The van der Waals surface area contributed by atoms with Crippen molar-refractivity contribution in [3.63, 3.8) is 0 Å². The molecule has 1 aromatic heterocycles. The van der Waals surface area contributed by atoms with Crippen LogP contribution in [-0.4, -0.2) is 46.8 Å². The number of carbonyl (C=O) groups is 1. The van der Waals surface area contributed by atoms with Crippen LogP contribution in [0.15, 0.2) is 24.3 Å². The van der Waals surface area contributed by atoms with Crippen molar-refractivity contribution in [1.82, 2.24) is 20.0 Å². The van der Waals surface area contributed by atoms with E-state index >= 15 is 0 Å². The minimum Gasteiger partial charge on any atom is -0.336 e. The molecule has 1 N–H and O–H groups in total. The van der Waals surface area contributed by atoms with Crippen LogP contribution in [0.5, 0.6) is 0 Å². The van der Waals surface area contributed by atoms with E-state index in [1.54, 1.807) is 21.7 Å². The number of hydrogen-bond acceptors (Lipinski definition) is 3. The third kappa shape index (κ3) is 2.74. The average molecular weight is 302 g/mol. The highest BCUT2D eigenvalue weighted by atomic mass is 19.1. The van der Waals surface area contributed by atoms with E-state index < -0.39 is 5.82 Å². The van der Waals surface area contributed by atoms with Gasteiger partial charge < -0.3 is 10.2 Å². The van der Waals surface area contributed by atoms with Crippen molar-refractivity contribution in [2.75, 3.05) is 26.2 Å². The number of benzene rings is 1. The molecule has 0 atom stereocenters. The summed E-state index contributed by atoms with van der Waals surface area (Å²) in [6, 6.07) is 6.47. The summed E-state index contributed by atoms with van der Waals surface area (Å²) in [5, 5.41) is 7.47. The molecule has 0 aliphatic carbocycles. The van der Waals surface area contributed by atoms with Crippen LogP contribution in [-0.2, 0) is 0 Å². The molecular formula is C16H19FN4O. The normalized spacial score (nSPS) is 15.1. The largest absolute Gasteiger partial charge is 0.336 e. The summed E-state index contributed by atoms with van der Waals surface area (Å²) in [7, 11) is 0. The number of halogens is 1. The number of hydrogen-bond donors (Lipinski definition) is 1. The summed E-state index contributed by atoms with van der Waals surface area (Å²) < 4.78 is 16.0. The van der Waals surface area contributed by atoms with E-state index in [2.05, 4.69) is 10.4 Å². The van der Waals surface area contributed by atoms with Crippen LogP contribution >= 0.6 is 0 Å². The quantitative estimate of drug-likeness (QED) is 0.918. The van der Waals surface area contributed by atoms with Crippen LogP contribution in [0.3, 0.4) is 0 Å². The van der Waals surface area contributed by atoms with Gasteiger partial charge in [0.05, 0.1) is 5.69 Å². The maximum atomic E-state index is 14.4. The number of aromatic nitrogens is 2. The fraction of sp³-hybridized carbons (Fsp3) is 0.375. The van der Waals surface area contributed by atoms with Gasteiger partial charge in [-0.1, -0.05) is 0 Å². The predicted molar refractivity (Wildman–Crippen MR) is 81.8 cm³/mol. The van der Waals surface area contributed by atoms with Crippen molar-refractivity contribution in [3.05, 3.63) is 47.0 Å². The van der Waals surface area contributed by atoms with Crippen molar-refractivity contribution in [1.29, 1.82) is 0 Å². The van der Waals surface area contributed by atoms with Crippen LogP contribution in [0, 0.1) is 19.7 Å². The number of piperazine rings is 1. The molecule has 3 rings (SSSR count). The Labute approximate surface area is 128 Å². The van der Waals surface area contributed by atoms with Gasteiger partial charge in [0, 0.05) is 37.4 Å². The van der Waals surface area contributed by atoms with E-state index in [9.17, 15) is 9.18 Å². The highest BCUT2D eigenvalue weighted by Crippen LogP contribution is 2.18. The molecule has 116 valence electrons. The van der Waals surface area contributed by atoms with Gasteiger partial charge >= 0.3 is 0 Å². The van der Waals surface area contributed by atoms with Crippen molar-refractivity contribution in [3.8, 4) is 5.69 Å². The van der Waals surface area contributed by atoms with Gasteiger partial charge in [0.25, 0.3) is 5.91 Å². The Morgan fingerprint density at radius 1 is 1.23 bits per heavy atom. The first kappa shape index (κ1) is 14.7. The van der Waals surface area contributed by atoms with E-state index in [-0.39, 0.29) is 5.91 Å². The first-order chi connectivity index (χ1) is 10.6. The summed E-state index contributed by atoms with van der Waals surface area (Å²) in [6.07, 6.45) is 0. The Hall–Kier alpha value is -2.21. The third-order valence-electron chi connectivity index (χ3n) is 3.84. The Morgan fingerprint density at radius 2 is 1.95 bits per heavy atom. The van der Waals surface area contributed by atoms with Gasteiger partial charge in [-0.2, -0.15) is 5.10 Å². The van der Waals surface area contributed by atoms with Crippen molar-refractivity contribution < 1.29 is 9.18 Å². The van der Waals surface area contributed by atoms with Gasteiger partial charge in [-0.05, 0) is 38.1 Å². The molecule has 2 heterocycles. The molecule has 1 amide bonds. The van der Waals surface area contributed by atoms with Crippen LogP contribution in [0.4, 0.5) is 4.39 Å². The van der Waals surface area contributed by atoms with Gasteiger partial charge in [-0.25, -0.2) is 9.07 Å². The molecule has 0 radical (unpaired) electrons. The van der Waals surface area contributed by atoms with Crippen LogP contribution < -0.4 is 5.32 Å². The van der Waals surface area contributed by atoms with Gasteiger partial charge in [0.15, 0.2) is 0 Å². The summed E-state index contributed by atoms with van der Waals surface area (Å²) >= 11 is 0. The van der Waals surface area contributed by atoms with E-state index in [0.717, 1.165) is 24.5 Å². The number of aryl methyl sites for hydroxylation is 2. The minimum absolute atomic E-state index is 0.125. The zero-order chi connectivity index (χ0) is 15.7. The lowest BCUT2D eigenvalue weighted by Gasteiger charge is -2.27. The monoisotopic (exact) mass is 302 g/mol. The zero-order valence-electron chi connectivity index (χ0n) is 12.8. The van der Waals surface area contributed by atoms with Gasteiger partial charge in [-0.3, -0.25) is 4.79 Å². The Balaban J connectivity index is 1.89. The molecule has 0 bridgehead atoms. The van der Waals surface area contributed by atoms with E-state index in [4.69, 9.17) is 0 Å². The van der Waals surface area contributed by atoms with Gasteiger partial charge in [0.2, 0.25) is 0 Å². The van der Waals surface area contributed by atoms with Crippen LogP contribution in [0.2, 0.25) is 0 Å². The lowest BCUT2D eigenvalue weighted by atomic mass is 10.1. The Kier molecular flexibility index (Phi) is 3.94. The highest BCUT2D eigenvalue weighted by molar-refractivity contribution is 5.94. The molecular weight excluding hydrogens is 283 g/mol. The third-order valence-corrected chi connectivity index (χ3v) is 3.84. The fourth-order valence-electron chi connectivity index (χ4n) is 2.73. The second kappa shape index (κ2) is 5.88. The number of nitrogens with zero attached hydrogens (tertiary/aromatic N) is 3. The SMILES string of the molecule is Cc1cc(C)n(-c2ccc(C(=O)N3CCNCC3)cc2F)n1. The molecule has 1 aliphatic rings. The molecule has 0 saturated carbocycles. The van der Waals surface area contributed by atoms with E-state index in [0.29, 0.717) is 24.3 Å². The zero-order valence-corrected chi connectivity index (χ0v) is 12.8. The van der Waals surface area contributed by atoms with Crippen molar-refractivity contribution >= 4 is 5.91 Å². The fourth-order valence-corrected chi connectivity index (χ4v) is 2.73. The molecule has 1 aromatic carbocycles. The van der Waals surface area contributed by atoms with Crippen LogP contribution in [0.1, 0.15) is 21.7 Å². The van der Waals surface area contributed by atoms with E-state index in [1.165, 1.54) is 6.07 Å². The lowest BCUT2D eigenvalue weighted by Crippen LogP contribution is -2.46. The second-order valence-electron chi connectivity index (χ2n) is 5.55. The number of amides is 1. The van der Waals surface area contributed by atoms with E-state index in [1.807, 2.05) is 19.9 Å². The number of nitrogens with one attached hydrogen (secondary N) is 1. The molecule has 22 heavy (non-hydrogen) atoms. The predicted octanol–water partition coefficient (Wildman–Crippen LogP) is 1.67. The molecule has 2 aromatic rings. The molecule has 0 spiro atoms. The second-order valence-corrected chi connectivity index (χ2v) is 5.55.